The van der Waals surface area contributed by atoms with Crippen molar-refractivity contribution in [3.8, 4) is 0 Å². The summed E-state index contributed by atoms with van der Waals surface area (Å²) in [6.07, 6.45) is 1.40. The minimum Gasteiger partial charge on any atom is -0.360 e. The third-order valence-corrected chi connectivity index (χ3v) is 4.50. The number of hydrogen-bond acceptors (Lipinski definition) is 3. The van der Waals surface area contributed by atoms with Gasteiger partial charge in [-0.05, 0) is 42.0 Å². The first kappa shape index (κ1) is 15.7. The van der Waals surface area contributed by atoms with Gasteiger partial charge in [0, 0.05) is 23.5 Å². The second kappa shape index (κ2) is 6.57. The number of fused-ring (bicyclic) bond motifs is 1. The molecule has 0 saturated carbocycles. The van der Waals surface area contributed by atoms with E-state index >= 15 is 0 Å². The SMILES string of the molecule is O=C1c2cccnc2C(Nc2ccc(Cl)cc2)N1Cc1ccccc1. The highest BCUT2D eigenvalue weighted by molar-refractivity contribution is 6.30. The minimum absolute atomic E-state index is 0.0154. The fourth-order valence-electron chi connectivity index (χ4n) is 3.03. The van der Waals surface area contributed by atoms with Gasteiger partial charge in [0.2, 0.25) is 0 Å². The number of benzene rings is 2. The van der Waals surface area contributed by atoms with Crippen LogP contribution in [-0.2, 0) is 6.54 Å². The van der Waals surface area contributed by atoms with Gasteiger partial charge in [-0.3, -0.25) is 9.78 Å². The zero-order valence-corrected chi connectivity index (χ0v) is 14.1. The maximum atomic E-state index is 12.9. The van der Waals surface area contributed by atoms with Crippen molar-refractivity contribution in [2.45, 2.75) is 12.7 Å². The van der Waals surface area contributed by atoms with Gasteiger partial charge >= 0.3 is 0 Å². The predicted molar refractivity (Wildman–Crippen MR) is 98.4 cm³/mol. The Hall–Kier alpha value is -2.85. The first-order valence-corrected chi connectivity index (χ1v) is 8.42. The number of hydrogen-bond donors (Lipinski definition) is 1. The molecule has 4 nitrogen and oxygen atoms in total. The van der Waals surface area contributed by atoms with Crippen LogP contribution >= 0.6 is 11.6 Å². The van der Waals surface area contributed by atoms with E-state index in [1.54, 1.807) is 12.3 Å². The van der Waals surface area contributed by atoms with Crippen LogP contribution < -0.4 is 5.32 Å². The average Bonchev–Trinajstić information content (AvgIpc) is 2.91. The highest BCUT2D eigenvalue weighted by atomic mass is 35.5. The Labute approximate surface area is 151 Å². The smallest absolute Gasteiger partial charge is 0.258 e. The van der Waals surface area contributed by atoms with Crippen LogP contribution in [0.3, 0.4) is 0 Å². The van der Waals surface area contributed by atoms with Gasteiger partial charge in [-0.1, -0.05) is 41.9 Å². The molecule has 0 saturated heterocycles. The van der Waals surface area contributed by atoms with Gasteiger partial charge < -0.3 is 10.2 Å². The largest absolute Gasteiger partial charge is 0.360 e. The number of carbonyl (C=O) groups is 1. The van der Waals surface area contributed by atoms with Crippen molar-refractivity contribution in [3.05, 3.63) is 94.8 Å². The Morgan fingerprint density at radius 1 is 1.00 bits per heavy atom. The maximum Gasteiger partial charge on any atom is 0.258 e. The molecule has 0 bridgehead atoms. The van der Waals surface area contributed by atoms with E-state index in [9.17, 15) is 4.79 Å². The highest BCUT2D eigenvalue weighted by Crippen LogP contribution is 2.34. The number of halogens is 1. The van der Waals surface area contributed by atoms with E-state index in [4.69, 9.17) is 11.6 Å². The monoisotopic (exact) mass is 349 g/mol. The lowest BCUT2D eigenvalue weighted by Gasteiger charge is -2.26. The summed E-state index contributed by atoms with van der Waals surface area (Å²) in [5, 5.41) is 4.08. The van der Waals surface area contributed by atoms with Crippen molar-refractivity contribution in [2.24, 2.45) is 0 Å². The number of amides is 1. The van der Waals surface area contributed by atoms with Crippen LogP contribution in [0.15, 0.2) is 72.9 Å². The lowest BCUT2D eigenvalue weighted by molar-refractivity contribution is 0.0728. The Balaban J connectivity index is 1.68. The summed E-state index contributed by atoms with van der Waals surface area (Å²) in [5.41, 5.74) is 3.36. The van der Waals surface area contributed by atoms with Gasteiger partial charge in [-0.15, -0.1) is 0 Å². The van der Waals surface area contributed by atoms with E-state index in [0.29, 0.717) is 17.1 Å². The summed E-state index contributed by atoms with van der Waals surface area (Å²) in [6, 6.07) is 21.0. The van der Waals surface area contributed by atoms with Crippen LogP contribution in [0, 0.1) is 0 Å². The van der Waals surface area contributed by atoms with Gasteiger partial charge in [-0.25, -0.2) is 0 Å². The molecule has 1 aromatic heterocycles. The number of pyridine rings is 1. The first-order valence-electron chi connectivity index (χ1n) is 8.04. The van der Waals surface area contributed by atoms with Crippen molar-refractivity contribution in [3.63, 3.8) is 0 Å². The van der Waals surface area contributed by atoms with Crippen LogP contribution in [0.25, 0.3) is 0 Å². The van der Waals surface area contributed by atoms with Gasteiger partial charge in [0.25, 0.3) is 5.91 Å². The predicted octanol–water partition coefficient (Wildman–Crippen LogP) is 4.50. The quantitative estimate of drug-likeness (QED) is 0.754. The number of aromatic nitrogens is 1. The normalized spacial score (nSPS) is 16.0. The van der Waals surface area contributed by atoms with Crippen LogP contribution in [0.2, 0.25) is 5.02 Å². The molecule has 0 spiro atoms. The molecule has 124 valence electrons. The molecule has 1 amide bonds. The highest BCUT2D eigenvalue weighted by Gasteiger charge is 2.37. The fraction of sp³-hybridized carbons (Fsp3) is 0.100. The molecular formula is C20H16ClN3O. The summed E-state index contributed by atoms with van der Waals surface area (Å²) >= 11 is 5.96. The van der Waals surface area contributed by atoms with E-state index < -0.39 is 0 Å². The summed E-state index contributed by atoms with van der Waals surface area (Å²) < 4.78 is 0. The van der Waals surface area contributed by atoms with Gasteiger partial charge in [0.05, 0.1) is 11.3 Å². The Bertz CT molecular complexity index is 896. The Morgan fingerprint density at radius 3 is 2.52 bits per heavy atom. The summed E-state index contributed by atoms with van der Waals surface area (Å²) in [4.78, 5) is 19.1. The van der Waals surface area contributed by atoms with Crippen molar-refractivity contribution in [1.29, 1.82) is 0 Å². The Kier molecular flexibility index (Phi) is 4.12. The number of nitrogens with one attached hydrogen (secondary N) is 1. The molecule has 1 N–H and O–H groups in total. The molecule has 1 unspecified atom stereocenters. The van der Waals surface area contributed by atoms with E-state index in [2.05, 4.69) is 10.3 Å². The molecule has 0 aliphatic carbocycles. The van der Waals surface area contributed by atoms with Crippen molar-refractivity contribution in [2.75, 3.05) is 5.32 Å². The summed E-state index contributed by atoms with van der Waals surface area (Å²) in [7, 11) is 0. The van der Waals surface area contributed by atoms with Crippen molar-refractivity contribution >= 4 is 23.2 Å². The summed E-state index contributed by atoms with van der Waals surface area (Å²) in [6.45, 7) is 0.515. The van der Waals surface area contributed by atoms with Gasteiger partial charge in [0.1, 0.15) is 6.17 Å². The van der Waals surface area contributed by atoms with Gasteiger partial charge in [-0.2, -0.15) is 0 Å². The van der Waals surface area contributed by atoms with Crippen LogP contribution in [0.4, 0.5) is 5.69 Å². The molecule has 2 heterocycles. The second-order valence-electron chi connectivity index (χ2n) is 5.91. The molecule has 4 rings (SSSR count). The standard InChI is InChI=1S/C20H16ClN3O/c21-15-8-10-16(11-9-15)23-19-18-17(7-4-12-22-18)20(25)24(19)13-14-5-2-1-3-6-14/h1-12,19,23H,13H2. The lowest BCUT2D eigenvalue weighted by Crippen LogP contribution is -2.32. The van der Waals surface area contributed by atoms with E-state index in [0.717, 1.165) is 16.9 Å². The summed E-state index contributed by atoms with van der Waals surface area (Å²) in [5.74, 6) is -0.0154. The van der Waals surface area contributed by atoms with Crippen LogP contribution in [-0.4, -0.2) is 15.8 Å². The molecule has 25 heavy (non-hydrogen) atoms. The van der Waals surface area contributed by atoms with Crippen molar-refractivity contribution in [1.82, 2.24) is 9.88 Å². The van der Waals surface area contributed by atoms with Crippen LogP contribution in [0.1, 0.15) is 27.8 Å². The molecule has 0 radical (unpaired) electrons. The molecule has 2 aromatic carbocycles. The zero-order valence-electron chi connectivity index (χ0n) is 13.4. The zero-order chi connectivity index (χ0) is 17.2. The van der Waals surface area contributed by atoms with Gasteiger partial charge in [0.15, 0.2) is 0 Å². The fourth-order valence-corrected chi connectivity index (χ4v) is 3.16. The first-order chi connectivity index (χ1) is 12.2. The molecule has 1 aliphatic rings. The third-order valence-electron chi connectivity index (χ3n) is 4.24. The topological polar surface area (TPSA) is 45.2 Å². The maximum absolute atomic E-state index is 12.9. The molecule has 5 heteroatoms. The molecule has 3 aromatic rings. The molecular weight excluding hydrogens is 334 g/mol. The third kappa shape index (κ3) is 3.08. The molecule has 0 fully saturated rings. The van der Waals surface area contributed by atoms with E-state index in [1.807, 2.05) is 65.6 Å². The lowest BCUT2D eigenvalue weighted by atomic mass is 10.2. The minimum atomic E-state index is -0.315. The average molecular weight is 350 g/mol. The number of nitrogens with zero attached hydrogens (tertiary/aromatic N) is 2. The molecule has 1 aliphatic heterocycles. The van der Waals surface area contributed by atoms with E-state index in [1.165, 1.54) is 0 Å². The number of carbonyl (C=O) groups excluding carboxylic acids is 1. The van der Waals surface area contributed by atoms with E-state index in [-0.39, 0.29) is 12.1 Å². The second-order valence-corrected chi connectivity index (χ2v) is 6.35. The Morgan fingerprint density at radius 2 is 1.76 bits per heavy atom. The van der Waals surface area contributed by atoms with Crippen molar-refractivity contribution < 1.29 is 4.79 Å². The number of rotatable bonds is 4. The number of anilines is 1. The van der Waals surface area contributed by atoms with Crippen LogP contribution in [0.5, 0.6) is 0 Å². The molecule has 1 atom stereocenters.